The molecule has 4 rings (SSSR count). The molecule has 0 saturated carbocycles. The fourth-order valence-electron chi connectivity index (χ4n) is 3.57. The fraction of sp³-hybridized carbons (Fsp3) is 0.200. The second-order valence-electron chi connectivity index (χ2n) is 7.84. The monoisotopic (exact) mass is 461 g/mol. The van der Waals surface area contributed by atoms with Gasteiger partial charge < -0.3 is 4.90 Å². The summed E-state index contributed by atoms with van der Waals surface area (Å²) in [5, 5.41) is 4.12. The Morgan fingerprint density at radius 3 is 2.40 bits per heavy atom. The Labute approximate surface area is 185 Å². The molecule has 0 fully saturated rings. The van der Waals surface area contributed by atoms with Gasteiger partial charge in [-0.3, -0.25) is 4.79 Å². The molecule has 3 aromatic rings. The van der Waals surface area contributed by atoms with E-state index in [1.54, 1.807) is 6.21 Å². The Kier molecular flexibility index (Phi) is 6.00. The first-order chi connectivity index (χ1) is 14.5. The van der Waals surface area contributed by atoms with Gasteiger partial charge in [-0.25, -0.2) is 5.43 Å². The maximum Gasteiger partial charge on any atom is 0.271 e. The van der Waals surface area contributed by atoms with E-state index >= 15 is 0 Å². The summed E-state index contributed by atoms with van der Waals surface area (Å²) in [4.78, 5) is 14.8. The third-order valence-corrected chi connectivity index (χ3v) is 5.89. The van der Waals surface area contributed by atoms with E-state index in [0.29, 0.717) is 11.5 Å². The number of halogens is 1. The summed E-state index contributed by atoms with van der Waals surface area (Å²) in [7, 11) is 0. The second-order valence-corrected chi connectivity index (χ2v) is 8.75. The van der Waals surface area contributed by atoms with Gasteiger partial charge in [0.05, 0.1) is 6.21 Å². The van der Waals surface area contributed by atoms with Gasteiger partial charge in [-0.1, -0.05) is 60.1 Å². The van der Waals surface area contributed by atoms with E-state index in [2.05, 4.69) is 69.5 Å². The minimum atomic E-state index is -0.199. The second kappa shape index (κ2) is 8.84. The first kappa shape index (κ1) is 20.4. The van der Waals surface area contributed by atoms with Crippen molar-refractivity contribution in [1.29, 1.82) is 0 Å². The number of amides is 1. The summed E-state index contributed by atoms with van der Waals surface area (Å²) in [6.45, 7) is 5.98. The maximum atomic E-state index is 12.5. The van der Waals surface area contributed by atoms with Crippen molar-refractivity contribution in [2.75, 3.05) is 4.90 Å². The van der Waals surface area contributed by atoms with Crippen LogP contribution in [0.5, 0.6) is 0 Å². The highest BCUT2D eigenvalue weighted by molar-refractivity contribution is 9.10. The van der Waals surface area contributed by atoms with E-state index in [4.69, 9.17) is 0 Å². The van der Waals surface area contributed by atoms with Gasteiger partial charge in [-0.05, 0) is 64.6 Å². The van der Waals surface area contributed by atoms with E-state index in [0.717, 1.165) is 23.1 Å². The Hall–Kier alpha value is -2.92. The maximum absolute atomic E-state index is 12.5. The van der Waals surface area contributed by atoms with Crippen molar-refractivity contribution in [1.82, 2.24) is 5.43 Å². The third-order valence-electron chi connectivity index (χ3n) is 5.37. The van der Waals surface area contributed by atoms with Gasteiger partial charge in [0.25, 0.3) is 5.91 Å². The Bertz CT molecular complexity index is 1070. The van der Waals surface area contributed by atoms with E-state index in [1.807, 2.05) is 42.5 Å². The summed E-state index contributed by atoms with van der Waals surface area (Å²) in [6, 6.07) is 22.4. The van der Waals surface area contributed by atoms with Crippen LogP contribution in [0.25, 0.3) is 0 Å². The number of nitrogens with zero attached hydrogens (tertiary/aromatic N) is 2. The van der Waals surface area contributed by atoms with E-state index in [-0.39, 0.29) is 5.91 Å². The SMILES string of the molecule is CC(C)c1ccc(/C=N/NC(=O)c2ccc3c(c2)CN(c2ccc(Br)cc2)C3)cc1. The molecule has 5 heteroatoms. The number of carbonyl (C=O) groups excluding carboxylic acids is 1. The lowest BCUT2D eigenvalue weighted by Gasteiger charge is -2.17. The molecular weight excluding hydrogens is 438 g/mol. The van der Waals surface area contributed by atoms with E-state index in [1.165, 1.54) is 22.4 Å². The van der Waals surface area contributed by atoms with Crippen molar-refractivity contribution < 1.29 is 4.79 Å². The minimum Gasteiger partial charge on any atom is -0.363 e. The molecule has 1 aliphatic rings. The average Bonchev–Trinajstić information content (AvgIpc) is 3.18. The highest BCUT2D eigenvalue weighted by Gasteiger charge is 2.20. The molecule has 0 unspecified atom stereocenters. The zero-order valence-electron chi connectivity index (χ0n) is 17.1. The van der Waals surface area contributed by atoms with Crippen LogP contribution in [0.1, 0.15) is 52.4 Å². The smallest absolute Gasteiger partial charge is 0.271 e. The molecular formula is C25H24BrN3O. The van der Waals surface area contributed by atoms with Crippen molar-refractivity contribution >= 4 is 33.7 Å². The lowest BCUT2D eigenvalue weighted by atomic mass is 10.0. The lowest BCUT2D eigenvalue weighted by molar-refractivity contribution is 0.0955. The molecule has 1 aliphatic heterocycles. The minimum absolute atomic E-state index is 0.199. The largest absolute Gasteiger partial charge is 0.363 e. The molecule has 1 heterocycles. The van der Waals surface area contributed by atoms with E-state index < -0.39 is 0 Å². The van der Waals surface area contributed by atoms with Crippen LogP contribution in [0.2, 0.25) is 0 Å². The Morgan fingerprint density at radius 2 is 1.70 bits per heavy atom. The normalized spacial score (nSPS) is 13.1. The van der Waals surface area contributed by atoms with Crippen LogP contribution in [-0.4, -0.2) is 12.1 Å². The van der Waals surface area contributed by atoms with Crippen LogP contribution in [0, 0.1) is 0 Å². The number of hydrogen-bond acceptors (Lipinski definition) is 3. The van der Waals surface area contributed by atoms with Crippen molar-refractivity contribution in [3.63, 3.8) is 0 Å². The van der Waals surface area contributed by atoms with Crippen LogP contribution in [0.4, 0.5) is 5.69 Å². The predicted molar refractivity (Wildman–Crippen MR) is 126 cm³/mol. The topological polar surface area (TPSA) is 44.7 Å². The number of hydrazone groups is 1. The zero-order chi connectivity index (χ0) is 21.1. The number of benzene rings is 3. The van der Waals surface area contributed by atoms with Crippen LogP contribution in [0.15, 0.2) is 76.3 Å². The quantitative estimate of drug-likeness (QED) is 0.382. The van der Waals surface area contributed by atoms with Crippen LogP contribution in [0.3, 0.4) is 0 Å². The Morgan fingerprint density at radius 1 is 1.00 bits per heavy atom. The summed E-state index contributed by atoms with van der Waals surface area (Å²) in [6.07, 6.45) is 1.67. The molecule has 4 nitrogen and oxygen atoms in total. The summed E-state index contributed by atoms with van der Waals surface area (Å²) < 4.78 is 1.07. The van der Waals surface area contributed by atoms with Gasteiger partial charge in [0.1, 0.15) is 0 Å². The van der Waals surface area contributed by atoms with Crippen molar-refractivity contribution in [2.24, 2.45) is 5.10 Å². The molecule has 3 aromatic carbocycles. The van der Waals surface area contributed by atoms with Crippen LogP contribution >= 0.6 is 15.9 Å². The Balaban J connectivity index is 1.39. The molecule has 0 radical (unpaired) electrons. The number of rotatable bonds is 5. The summed E-state index contributed by atoms with van der Waals surface area (Å²) in [5.74, 6) is 0.296. The standard InChI is InChI=1S/C25H24BrN3O/c1-17(2)19-5-3-18(4-6-19)14-27-28-25(30)20-7-8-21-15-29(16-22(21)13-20)24-11-9-23(26)10-12-24/h3-14,17H,15-16H2,1-2H3,(H,28,30)/b27-14+. The van der Waals surface area contributed by atoms with Gasteiger partial charge in [-0.2, -0.15) is 5.10 Å². The van der Waals surface area contributed by atoms with Gasteiger partial charge in [0.15, 0.2) is 0 Å². The van der Waals surface area contributed by atoms with Crippen molar-refractivity contribution in [3.05, 3.63) is 99.0 Å². The van der Waals surface area contributed by atoms with Gasteiger partial charge in [-0.15, -0.1) is 0 Å². The first-order valence-corrected chi connectivity index (χ1v) is 10.8. The molecule has 0 aliphatic carbocycles. The third kappa shape index (κ3) is 4.62. The van der Waals surface area contributed by atoms with Crippen LogP contribution < -0.4 is 10.3 Å². The first-order valence-electron chi connectivity index (χ1n) is 10.1. The fourth-order valence-corrected chi connectivity index (χ4v) is 3.83. The molecule has 1 N–H and O–H groups in total. The van der Waals surface area contributed by atoms with E-state index in [9.17, 15) is 4.79 Å². The average molecular weight is 462 g/mol. The molecule has 30 heavy (non-hydrogen) atoms. The molecule has 0 atom stereocenters. The molecule has 0 saturated heterocycles. The van der Waals surface area contributed by atoms with Crippen molar-refractivity contribution in [2.45, 2.75) is 32.9 Å². The summed E-state index contributed by atoms with van der Waals surface area (Å²) in [5.41, 5.74) is 9.11. The highest BCUT2D eigenvalue weighted by atomic mass is 79.9. The zero-order valence-corrected chi connectivity index (χ0v) is 18.7. The number of carbonyl (C=O) groups is 1. The van der Waals surface area contributed by atoms with Gasteiger partial charge >= 0.3 is 0 Å². The number of fused-ring (bicyclic) bond motifs is 1. The number of nitrogens with one attached hydrogen (secondary N) is 1. The number of hydrogen-bond donors (Lipinski definition) is 1. The van der Waals surface area contributed by atoms with Gasteiger partial charge in [0, 0.05) is 28.8 Å². The molecule has 0 aromatic heterocycles. The molecule has 0 bridgehead atoms. The number of anilines is 1. The highest BCUT2D eigenvalue weighted by Crippen LogP contribution is 2.29. The lowest BCUT2D eigenvalue weighted by Crippen LogP contribution is -2.18. The summed E-state index contributed by atoms with van der Waals surface area (Å²) >= 11 is 3.48. The molecule has 1 amide bonds. The van der Waals surface area contributed by atoms with Crippen molar-refractivity contribution in [3.8, 4) is 0 Å². The van der Waals surface area contributed by atoms with Gasteiger partial charge in [0.2, 0.25) is 0 Å². The molecule has 0 spiro atoms. The van der Waals surface area contributed by atoms with Crippen LogP contribution in [-0.2, 0) is 13.1 Å². The molecule has 152 valence electrons. The predicted octanol–water partition coefficient (Wildman–Crippen LogP) is 5.86.